The molecule has 0 unspecified atom stereocenters. The lowest BCUT2D eigenvalue weighted by molar-refractivity contribution is 2.23. The predicted molar refractivity (Wildman–Crippen MR) is 54.9 cm³/mol. The van der Waals surface area contributed by atoms with Gasteiger partial charge in [0.15, 0.2) is 0 Å². The lowest BCUT2D eigenvalue weighted by Gasteiger charge is -1.66. The normalized spacial score (nSPS) is 3.93. The Hall–Kier alpha value is -2.90. The van der Waals surface area contributed by atoms with Crippen LogP contribution in [0.3, 0.4) is 0 Å². The van der Waals surface area contributed by atoms with Crippen LogP contribution in [-0.4, -0.2) is 0 Å². The Morgan fingerprint density at radius 2 is 1.14 bits per heavy atom. The van der Waals surface area contributed by atoms with E-state index in [9.17, 15) is 0 Å². The molecular weight excluding hydrogens is 168 g/mol. The third-order valence-corrected chi connectivity index (χ3v) is 0.718. The molecule has 0 nitrogen and oxygen atoms in total. The molecular formula is C14H2-2. The minimum atomic E-state index is 1.20. The van der Waals surface area contributed by atoms with Crippen LogP contribution in [-0.2, 0) is 0 Å². The fraction of sp³-hybridized carbons (Fsp3) is 0. The van der Waals surface area contributed by atoms with Gasteiger partial charge in [0.2, 0.25) is 0 Å². The summed E-state index contributed by atoms with van der Waals surface area (Å²) in [5, 5.41) is 0. The fourth-order valence-electron chi connectivity index (χ4n) is 0.328. The second kappa shape index (κ2) is 10.1. The average molecular weight is 170 g/mol. The second-order valence-corrected chi connectivity index (χ2v) is 1.56. The molecule has 0 heterocycles. The van der Waals surface area contributed by atoms with Crippen LogP contribution in [0.15, 0.2) is 6.08 Å². The zero-order chi connectivity index (χ0) is 10.5. The highest BCUT2D eigenvalue weighted by molar-refractivity contribution is 5.43. The highest BCUT2D eigenvalue weighted by Crippen LogP contribution is 1.57. The first kappa shape index (κ1) is 11.1. The van der Waals surface area contributed by atoms with Gasteiger partial charge in [-0.25, -0.2) is 12.0 Å². The predicted octanol–water partition coefficient (Wildman–Crippen LogP) is 0.582. The van der Waals surface area contributed by atoms with Crippen molar-refractivity contribution in [2.75, 3.05) is 0 Å². The summed E-state index contributed by atoms with van der Waals surface area (Å²) >= 11 is 0. The number of hydrogen-bond acceptors (Lipinski definition) is 0. The number of rotatable bonds is 0. The van der Waals surface area contributed by atoms with Crippen LogP contribution < -0.4 is 0 Å². The van der Waals surface area contributed by atoms with E-state index in [2.05, 4.69) is 59.2 Å². The van der Waals surface area contributed by atoms with Gasteiger partial charge in [-0.05, 0) is 35.5 Å². The SMILES string of the molecule is [C-]#CC#CC#CC#CC#CC#CC=[CH-]. The van der Waals surface area contributed by atoms with Crippen LogP contribution in [0.4, 0.5) is 0 Å². The molecule has 0 aliphatic heterocycles. The van der Waals surface area contributed by atoms with Gasteiger partial charge < -0.3 is 6.42 Å². The summed E-state index contributed by atoms with van der Waals surface area (Å²) in [6.45, 7) is 4.98. The molecule has 0 fully saturated rings. The van der Waals surface area contributed by atoms with E-state index in [4.69, 9.17) is 13.0 Å². The Balaban J connectivity index is 4.17. The molecule has 60 valence electrons. The van der Waals surface area contributed by atoms with Crippen molar-refractivity contribution in [3.05, 3.63) is 19.1 Å². The van der Waals surface area contributed by atoms with E-state index in [0.29, 0.717) is 0 Å². The van der Waals surface area contributed by atoms with Crippen LogP contribution in [0, 0.1) is 78.1 Å². The zero-order valence-corrected chi connectivity index (χ0v) is 7.15. The van der Waals surface area contributed by atoms with Crippen LogP contribution >= 0.6 is 0 Å². The van der Waals surface area contributed by atoms with E-state index >= 15 is 0 Å². The van der Waals surface area contributed by atoms with E-state index in [-0.39, 0.29) is 0 Å². The zero-order valence-electron chi connectivity index (χ0n) is 7.15. The summed E-state index contributed by atoms with van der Waals surface area (Å²) < 4.78 is 0. The van der Waals surface area contributed by atoms with Crippen LogP contribution in [0.2, 0.25) is 0 Å². The van der Waals surface area contributed by atoms with Gasteiger partial charge in [-0.2, -0.15) is 0 Å². The highest BCUT2D eigenvalue weighted by atomic mass is 13.6. The van der Waals surface area contributed by atoms with E-state index in [0.717, 1.165) is 0 Å². The topological polar surface area (TPSA) is 0 Å². The molecule has 0 saturated carbocycles. The van der Waals surface area contributed by atoms with E-state index in [1.807, 2.05) is 5.92 Å². The van der Waals surface area contributed by atoms with Crippen molar-refractivity contribution in [2.45, 2.75) is 0 Å². The first-order valence-corrected chi connectivity index (χ1v) is 3.37. The lowest BCUT2D eigenvalue weighted by atomic mass is 10.5. The molecule has 0 bridgehead atoms. The van der Waals surface area contributed by atoms with E-state index < -0.39 is 0 Å². The highest BCUT2D eigenvalue weighted by Gasteiger charge is 1.51. The lowest BCUT2D eigenvalue weighted by Crippen LogP contribution is -1.54. The fourth-order valence-corrected chi connectivity index (χ4v) is 0.328. The van der Waals surface area contributed by atoms with Crippen molar-refractivity contribution in [3.8, 4) is 65.1 Å². The Labute approximate surface area is 84.8 Å². The first-order chi connectivity index (χ1) is 6.91. The van der Waals surface area contributed by atoms with Crippen LogP contribution in [0.5, 0.6) is 0 Å². The van der Waals surface area contributed by atoms with Gasteiger partial charge >= 0.3 is 0 Å². The maximum Gasteiger partial charge on any atom is -0.0000587 e. The van der Waals surface area contributed by atoms with E-state index in [1.54, 1.807) is 0 Å². The molecule has 0 rings (SSSR count). The number of hydrogen-bond donors (Lipinski definition) is 0. The monoisotopic (exact) mass is 170 g/mol. The summed E-state index contributed by atoms with van der Waals surface area (Å²) in [6, 6.07) is 0. The Bertz CT molecular complexity index is 539. The van der Waals surface area contributed by atoms with Crippen LogP contribution in [0.1, 0.15) is 0 Å². The van der Waals surface area contributed by atoms with Gasteiger partial charge in [-0.1, -0.05) is 0 Å². The molecule has 0 saturated heterocycles. The van der Waals surface area contributed by atoms with Crippen molar-refractivity contribution in [2.24, 2.45) is 0 Å². The van der Waals surface area contributed by atoms with Crippen molar-refractivity contribution >= 4 is 0 Å². The molecule has 0 aromatic carbocycles. The third kappa shape index (κ3) is 9.10. The molecule has 0 aromatic heterocycles. The van der Waals surface area contributed by atoms with Crippen molar-refractivity contribution in [3.63, 3.8) is 0 Å². The van der Waals surface area contributed by atoms with Gasteiger partial charge in [0.05, 0.1) is 0 Å². The quantitative estimate of drug-likeness (QED) is 0.368. The number of allylic oxidation sites excluding steroid dienone is 1. The molecule has 0 heteroatoms. The van der Waals surface area contributed by atoms with Crippen molar-refractivity contribution in [1.82, 2.24) is 0 Å². The third-order valence-electron chi connectivity index (χ3n) is 0.718. The molecule has 14 heavy (non-hydrogen) atoms. The Kier molecular flexibility index (Phi) is 8.01. The summed E-state index contributed by atoms with van der Waals surface area (Å²) in [4.78, 5) is 0. The van der Waals surface area contributed by atoms with E-state index in [1.165, 1.54) is 6.08 Å². The van der Waals surface area contributed by atoms with Crippen molar-refractivity contribution < 1.29 is 0 Å². The second-order valence-electron chi connectivity index (χ2n) is 1.56. The molecule has 0 radical (unpaired) electrons. The van der Waals surface area contributed by atoms with Gasteiger partial charge in [0.25, 0.3) is 0 Å². The molecule has 0 aliphatic carbocycles. The summed E-state index contributed by atoms with van der Waals surface area (Å²) in [5.41, 5.74) is 0. The molecule has 0 N–H and O–H groups in total. The standard InChI is InChI=1S/C14H2/c1-3-5-7-9-11-13-14-12-10-8-6-4-2/h1,3H/q-2. The smallest absolute Gasteiger partial charge is 0.0000587 e. The largest absolute Gasteiger partial charge is 0.358 e. The Morgan fingerprint density at radius 1 is 0.714 bits per heavy atom. The minimum Gasteiger partial charge on any atom is -0.358 e. The first-order valence-electron chi connectivity index (χ1n) is 3.37. The van der Waals surface area contributed by atoms with Crippen LogP contribution in [0.25, 0.3) is 0 Å². The molecule has 0 spiro atoms. The van der Waals surface area contributed by atoms with Gasteiger partial charge in [0.1, 0.15) is 0 Å². The summed E-state index contributed by atoms with van der Waals surface area (Å²) in [6.07, 6.45) is 7.64. The average Bonchev–Trinajstić information content (AvgIpc) is 2.21. The Morgan fingerprint density at radius 3 is 1.57 bits per heavy atom. The van der Waals surface area contributed by atoms with Gasteiger partial charge in [0, 0.05) is 0 Å². The molecule has 0 aromatic rings. The molecule has 0 atom stereocenters. The molecule has 0 amide bonds. The van der Waals surface area contributed by atoms with Gasteiger partial charge in [-0.15, -0.1) is 11.8 Å². The van der Waals surface area contributed by atoms with Crippen molar-refractivity contribution in [1.29, 1.82) is 0 Å². The minimum absolute atomic E-state index is 1.20. The maximum absolute atomic E-state index is 6.44. The maximum atomic E-state index is 6.44. The summed E-state index contributed by atoms with van der Waals surface area (Å²) in [7, 11) is 0. The molecule has 0 aliphatic rings. The summed E-state index contributed by atoms with van der Waals surface area (Å²) in [5.74, 6) is 25.9. The van der Waals surface area contributed by atoms with Gasteiger partial charge in [-0.3, -0.25) is 18.4 Å².